The molecule has 1 saturated carbocycles. The van der Waals surface area contributed by atoms with Crippen molar-refractivity contribution in [1.82, 2.24) is 0 Å². The van der Waals surface area contributed by atoms with Crippen molar-refractivity contribution in [3.8, 4) is 0 Å². The van der Waals surface area contributed by atoms with E-state index >= 15 is 0 Å². The van der Waals surface area contributed by atoms with Gasteiger partial charge in [0, 0.05) is 13.2 Å². The molecule has 0 aromatic heterocycles. The Morgan fingerprint density at radius 1 is 1.09 bits per heavy atom. The van der Waals surface area contributed by atoms with Gasteiger partial charge in [-0.2, -0.15) is 0 Å². The van der Waals surface area contributed by atoms with Crippen LogP contribution in [0.2, 0.25) is 0 Å². The van der Waals surface area contributed by atoms with Gasteiger partial charge < -0.3 is 18.9 Å². The van der Waals surface area contributed by atoms with Gasteiger partial charge in [-0.05, 0) is 46.1 Å². The highest BCUT2D eigenvalue weighted by Gasteiger charge is 2.72. The Morgan fingerprint density at radius 3 is 2.34 bits per heavy atom. The summed E-state index contributed by atoms with van der Waals surface area (Å²) in [7, 11) is 1.67. The van der Waals surface area contributed by atoms with Gasteiger partial charge in [-0.3, -0.25) is 4.79 Å². The molecular weight excluding hydrogens is 408 g/mol. The van der Waals surface area contributed by atoms with E-state index in [0.29, 0.717) is 19.3 Å². The maximum Gasteiger partial charge on any atom is 0.331 e. The molecule has 3 fully saturated rings. The first-order chi connectivity index (χ1) is 15.4. The van der Waals surface area contributed by atoms with Crippen LogP contribution in [-0.4, -0.2) is 55.5 Å². The van der Waals surface area contributed by atoms with Crippen molar-refractivity contribution in [2.24, 2.45) is 5.92 Å². The molecule has 0 bridgehead atoms. The second-order valence-corrected chi connectivity index (χ2v) is 9.00. The van der Waals surface area contributed by atoms with Crippen LogP contribution in [0.3, 0.4) is 0 Å². The molecule has 32 heavy (non-hydrogen) atoms. The molecule has 1 aliphatic carbocycles. The van der Waals surface area contributed by atoms with Gasteiger partial charge in [0.25, 0.3) is 0 Å². The van der Waals surface area contributed by atoms with E-state index < -0.39 is 5.97 Å². The minimum Gasteiger partial charge on any atom is -0.456 e. The zero-order valence-electron chi connectivity index (χ0n) is 19.4. The van der Waals surface area contributed by atoms with E-state index in [-0.39, 0.29) is 35.4 Å². The van der Waals surface area contributed by atoms with Crippen LogP contribution in [0.25, 0.3) is 0 Å². The summed E-state index contributed by atoms with van der Waals surface area (Å²) in [6.07, 6.45) is 17.8. The molecule has 6 atom stereocenters. The van der Waals surface area contributed by atoms with Crippen LogP contribution < -0.4 is 0 Å². The fraction of sp³-hybridized carbons (Fsp3) is 0.538. The van der Waals surface area contributed by atoms with E-state index in [1.807, 2.05) is 0 Å². The standard InChI is InChI=1S/C26H34O6/c1-19(2)13-14-21-25(3,32-21)24-23(29-4)20(15-16-26(24)18-30-26)31-22(28)12-10-8-6-5-7-9-11-17-27/h5-13,17,20-21,23-24H,14-16,18H2,1-4H3/b7-5+,8-6+,11-9+,12-10+/t20-,21-,23-,24-,25?,26+/m1/s1. The molecule has 0 N–H and O–H groups in total. The van der Waals surface area contributed by atoms with Gasteiger partial charge in [-0.1, -0.05) is 48.1 Å². The van der Waals surface area contributed by atoms with Crippen molar-refractivity contribution >= 4 is 12.3 Å². The molecule has 1 unspecified atom stereocenters. The lowest BCUT2D eigenvalue weighted by atomic mass is 9.68. The topological polar surface area (TPSA) is 77.7 Å². The van der Waals surface area contributed by atoms with E-state index in [1.54, 1.807) is 43.6 Å². The van der Waals surface area contributed by atoms with E-state index in [9.17, 15) is 9.59 Å². The lowest BCUT2D eigenvalue weighted by Gasteiger charge is -2.42. The normalized spacial score (nSPS) is 36.4. The number of esters is 1. The molecule has 0 radical (unpaired) electrons. The number of hydrogen-bond acceptors (Lipinski definition) is 6. The Hall–Kier alpha value is -2.28. The van der Waals surface area contributed by atoms with Crippen LogP contribution in [0.4, 0.5) is 0 Å². The zero-order chi connectivity index (χ0) is 23.2. The quantitative estimate of drug-likeness (QED) is 0.127. The SMILES string of the molecule is CO[C@H]1[C@H](C2(C)O[C@@H]2CC=C(C)C)[C@]2(CC[C@H]1OC(=O)/C=C/C=C/C=C/C=C/C=O)CO2. The molecule has 3 aliphatic rings. The summed E-state index contributed by atoms with van der Waals surface area (Å²) < 4.78 is 23.8. The lowest BCUT2D eigenvalue weighted by molar-refractivity contribution is -0.166. The van der Waals surface area contributed by atoms with Gasteiger partial charge in [0.15, 0.2) is 0 Å². The van der Waals surface area contributed by atoms with Crippen molar-refractivity contribution in [3.63, 3.8) is 0 Å². The van der Waals surface area contributed by atoms with Gasteiger partial charge in [0.05, 0.1) is 18.6 Å². The molecule has 0 amide bonds. The third-order valence-corrected chi connectivity index (χ3v) is 6.48. The predicted molar refractivity (Wildman–Crippen MR) is 122 cm³/mol. The van der Waals surface area contributed by atoms with Crippen LogP contribution in [0.15, 0.2) is 60.3 Å². The Labute approximate surface area is 190 Å². The number of ether oxygens (including phenoxy) is 4. The molecule has 2 heterocycles. The summed E-state index contributed by atoms with van der Waals surface area (Å²) in [6, 6.07) is 0. The first-order valence-electron chi connectivity index (χ1n) is 11.2. The van der Waals surface area contributed by atoms with E-state index in [2.05, 4.69) is 26.8 Å². The highest BCUT2D eigenvalue weighted by Crippen LogP contribution is 2.59. The van der Waals surface area contributed by atoms with Crippen LogP contribution >= 0.6 is 0 Å². The molecule has 6 nitrogen and oxygen atoms in total. The van der Waals surface area contributed by atoms with Gasteiger partial charge in [0.2, 0.25) is 0 Å². The van der Waals surface area contributed by atoms with Crippen molar-refractivity contribution in [2.75, 3.05) is 13.7 Å². The number of allylic oxidation sites excluding steroid dienone is 8. The van der Waals surface area contributed by atoms with Crippen molar-refractivity contribution in [3.05, 3.63) is 60.3 Å². The third-order valence-electron chi connectivity index (χ3n) is 6.48. The first kappa shape index (κ1) is 24.4. The number of epoxide rings is 2. The number of carbonyl (C=O) groups excluding carboxylic acids is 2. The van der Waals surface area contributed by atoms with Crippen LogP contribution in [0, 0.1) is 5.92 Å². The molecule has 1 spiro atoms. The van der Waals surface area contributed by atoms with Gasteiger partial charge in [0.1, 0.15) is 29.7 Å². The van der Waals surface area contributed by atoms with Crippen molar-refractivity contribution in [2.45, 2.75) is 69.5 Å². The fourth-order valence-corrected chi connectivity index (χ4v) is 4.76. The minimum atomic E-state index is -0.402. The summed E-state index contributed by atoms with van der Waals surface area (Å²) in [5.74, 6) is -0.392. The molecule has 2 aliphatic heterocycles. The average Bonchev–Trinajstić information content (AvgIpc) is 3.67. The molecule has 6 heteroatoms. The second-order valence-electron chi connectivity index (χ2n) is 9.00. The average molecular weight is 443 g/mol. The minimum absolute atomic E-state index is 0.00976. The number of aldehydes is 1. The Kier molecular flexibility index (Phi) is 8.04. The molecule has 0 aromatic rings. The molecular formula is C26H34O6. The molecule has 3 rings (SSSR count). The smallest absolute Gasteiger partial charge is 0.331 e. The molecule has 0 aromatic carbocycles. The monoisotopic (exact) mass is 442 g/mol. The van der Waals surface area contributed by atoms with Crippen LogP contribution in [-0.2, 0) is 28.5 Å². The summed E-state index contributed by atoms with van der Waals surface area (Å²) in [4.78, 5) is 22.6. The third kappa shape index (κ3) is 5.74. The van der Waals surface area contributed by atoms with Gasteiger partial charge in [-0.15, -0.1) is 0 Å². The highest BCUT2D eigenvalue weighted by atomic mass is 16.6. The highest BCUT2D eigenvalue weighted by molar-refractivity contribution is 5.82. The number of rotatable bonds is 10. The van der Waals surface area contributed by atoms with Crippen LogP contribution in [0.1, 0.15) is 40.0 Å². The Bertz CT molecular complexity index is 827. The summed E-state index contributed by atoms with van der Waals surface area (Å²) in [5.41, 5.74) is 0.686. The molecule has 2 saturated heterocycles. The Morgan fingerprint density at radius 2 is 1.75 bits per heavy atom. The van der Waals surface area contributed by atoms with E-state index in [4.69, 9.17) is 18.9 Å². The summed E-state index contributed by atoms with van der Waals surface area (Å²) in [5, 5.41) is 0. The van der Waals surface area contributed by atoms with E-state index in [0.717, 1.165) is 12.8 Å². The zero-order valence-corrected chi connectivity index (χ0v) is 19.4. The maximum absolute atomic E-state index is 12.4. The predicted octanol–water partition coefficient (Wildman–Crippen LogP) is 4.03. The second kappa shape index (κ2) is 10.6. The molecule has 174 valence electrons. The maximum atomic E-state index is 12.4. The Balaban J connectivity index is 1.61. The van der Waals surface area contributed by atoms with E-state index in [1.165, 1.54) is 17.7 Å². The summed E-state index contributed by atoms with van der Waals surface area (Å²) in [6.45, 7) is 7.00. The van der Waals surface area contributed by atoms with Crippen LogP contribution in [0.5, 0.6) is 0 Å². The number of carbonyl (C=O) groups is 2. The number of hydrogen-bond donors (Lipinski definition) is 0. The van der Waals surface area contributed by atoms with Crippen molar-refractivity contribution < 1.29 is 28.5 Å². The fourth-order valence-electron chi connectivity index (χ4n) is 4.76. The first-order valence-corrected chi connectivity index (χ1v) is 11.2. The lowest BCUT2D eigenvalue weighted by Crippen LogP contribution is -2.55. The largest absolute Gasteiger partial charge is 0.456 e. The van der Waals surface area contributed by atoms with Crippen molar-refractivity contribution in [1.29, 1.82) is 0 Å². The van der Waals surface area contributed by atoms with Gasteiger partial charge in [-0.25, -0.2) is 4.79 Å². The summed E-state index contributed by atoms with van der Waals surface area (Å²) >= 11 is 0. The number of methoxy groups -OCH3 is 1. The van der Waals surface area contributed by atoms with Gasteiger partial charge >= 0.3 is 5.97 Å².